The SMILES string of the molecule is CC1CN(c2ccc(NC(=O)c3cccc(NC(=O)C4CC4)c3)cc2)CC(C)O1. The van der Waals surface area contributed by atoms with Crippen molar-refractivity contribution >= 4 is 28.9 Å². The summed E-state index contributed by atoms with van der Waals surface area (Å²) in [6, 6.07) is 14.9. The second kappa shape index (κ2) is 8.25. The van der Waals surface area contributed by atoms with E-state index in [1.807, 2.05) is 24.3 Å². The first kappa shape index (κ1) is 19.5. The highest BCUT2D eigenvalue weighted by Gasteiger charge is 2.29. The molecule has 0 bridgehead atoms. The second-order valence-electron chi connectivity index (χ2n) is 8.01. The summed E-state index contributed by atoms with van der Waals surface area (Å²) in [5.41, 5.74) is 3.02. The van der Waals surface area contributed by atoms with Crippen molar-refractivity contribution in [2.45, 2.75) is 38.9 Å². The van der Waals surface area contributed by atoms with Crippen molar-refractivity contribution in [3.63, 3.8) is 0 Å². The highest BCUT2D eigenvalue weighted by Crippen LogP contribution is 2.30. The summed E-state index contributed by atoms with van der Waals surface area (Å²) >= 11 is 0. The topological polar surface area (TPSA) is 70.7 Å². The van der Waals surface area contributed by atoms with Crippen molar-refractivity contribution in [3.8, 4) is 0 Å². The van der Waals surface area contributed by atoms with Crippen LogP contribution in [0, 0.1) is 5.92 Å². The molecule has 152 valence electrons. The summed E-state index contributed by atoms with van der Waals surface area (Å²) < 4.78 is 5.79. The van der Waals surface area contributed by atoms with E-state index in [1.165, 1.54) is 0 Å². The first-order valence-electron chi connectivity index (χ1n) is 10.2. The van der Waals surface area contributed by atoms with Gasteiger partial charge in [0.1, 0.15) is 0 Å². The molecule has 2 amide bonds. The lowest BCUT2D eigenvalue weighted by Crippen LogP contribution is -2.45. The number of nitrogens with zero attached hydrogens (tertiary/aromatic N) is 1. The van der Waals surface area contributed by atoms with Crippen LogP contribution in [0.15, 0.2) is 48.5 Å². The van der Waals surface area contributed by atoms with Crippen LogP contribution in [0.4, 0.5) is 17.1 Å². The molecule has 2 aliphatic rings. The van der Waals surface area contributed by atoms with Crippen molar-refractivity contribution < 1.29 is 14.3 Å². The molecule has 2 fully saturated rings. The van der Waals surface area contributed by atoms with E-state index >= 15 is 0 Å². The molecule has 0 spiro atoms. The Morgan fingerprint density at radius 1 is 0.931 bits per heavy atom. The van der Waals surface area contributed by atoms with Gasteiger partial charge in [0.05, 0.1) is 12.2 Å². The van der Waals surface area contributed by atoms with E-state index in [0.717, 1.165) is 37.3 Å². The summed E-state index contributed by atoms with van der Waals surface area (Å²) in [6.07, 6.45) is 2.30. The normalized spacial score (nSPS) is 21.5. The minimum atomic E-state index is -0.200. The molecular formula is C23H27N3O3. The lowest BCUT2D eigenvalue weighted by molar-refractivity contribution is -0.117. The maximum atomic E-state index is 12.6. The van der Waals surface area contributed by atoms with Crippen LogP contribution in [-0.2, 0) is 9.53 Å². The molecule has 6 heteroatoms. The van der Waals surface area contributed by atoms with Crippen molar-refractivity contribution in [2.24, 2.45) is 5.92 Å². The molecule has 4 rings (SSSR count). The number of hydrogen-bond acceptors (Lipinski definition) is 4. The van der Waals surface area contributed by atoms with E-state index in [-0.39, 0.29) is 29.9 Å². The summed E-state index contributed by atoms with van der Waals surface area (Å²) in [6.45, 7) is 5.88. The second-order valence-corrected chi connectivity index (χ2v) is 8.01. The minimum absolute atomic E-state index is 0.0323. The zero-order valence-electron chi connectivity index (χ0n) is 16.9. The Morgan fingerprint density at radius 2 is 1.62 bits per heavy atom. The van der Waals surface area contributed by atoms with Crippen molar-refractivity contribution in [3.05, 3.63) is 54.1 Å². The fraction of sp³-hybridized carbons (Fsp3) is 0.391. The van der Waals surface area contributed by atoms with Gasteiger partial charge >= 0.3 is 0 Å². The minimum Gasteiger partial charge on any atom is -0.372 e. The van der Waals surface area contributed by atoms with Crippen LogP contribution < -0.4 is 15.5 Å². The van der Waals surface area contributed by atoms with Crippen LogP contribution in [0.1, 0.15) is 37.0 Å². The average molecular weight is 393 g/mol. The van der Waals surface area contributed by atoms with Gasteiger partial charge in [-0.1, -0.05) is 6.07 Å². The maximum absolute atomic E-state index is 12.6. The number of ether oxygens (including phenoxy) is 1. The summed E-state index contributed by atoms with van der Waals surface area (Å²) in [7, 11) is 0. The standard InChI is InChI=1S/C23H27N3O3/c1-15-13-26(14-16(2)29-15)21-10-8-19(9-11-21)24-23(28)18-4-3-5-20(12-18)25-22(27)17-6-7-17/h3-5,8-12,15-17H,6-7,13-14H2,1-2H3,(H,24,28)(H,25,27). The van der Waals surface area contributed by atoms with Gasteiger partial charge in [0.15, 0.2) is 0 Å². The van der Waals surface area contributed by atoms with Crippen LogP contribution in [0.5, 0.6) is 0 Å². The molecule has 2 aromatic carbocycles. The summed E-state index contributed by atoms with van der Waals surface area (Å²) in [4.78, 5) is 26.8. The Morgan fingerprint density at radius 3 is 2.28 bits per heavy atom. The molecule has 2 atom stereocenters. The third-order valence-electron chi connectivity index (χ3n) is 5.25. The van der Waals surface area contributed by atoms with E-state index in [9.17, 15) is 9.59 Å². The molecule has 0 aromatic heterocycles. The largest absolute Gasteiger partial charge is 0.372 e. The fourth-order valence-electron chi connectivity index (χ4n) is 3.68. The van der Waals surface area contributed by atoms with E-state index in [4.69, 9.17) is 4.74 Å². The molecule has 1 heterocycles. The van der Waals surface area contributed by atoms with Gasteiger partial charge in [0.2, 0.25) is 5.91 Å². The highest BCUT2D eigenvalue weighted by atomic mass is 16.5. The molecule has 6 nitrogen and oxygen atoms in total. The van der Waals surface area contributed by atoms with Crippen molar-refractivity contribution in [1.29, 1.82) is 0 Å². The van der Waals surface area contributed by atoms with Crippen LogP contribution in [0.25, 0.3) is 0 Å². The van der Waals surface area contributed by atoms with Gasteiger partial charge in [-0.2, -0.15) is 0 Å². The molecular weight excluding hydrogens is 366 g/mol. The quantitative estimate of drug-likeness (QED) is 0.808. The number of nitrogens with one attached hydrogen (secondary N) is 2. The van der Waals surface area contributed by atoms with Gasteiger partial charge < -0.3 is 20.3 Å². The van der Waals surface area contributed by atoms with Gasteiger partial charge in [-0.25, -0.2) is 0 Å². The maximum Gasteiger partial charge on any atom is 0.255 e. The summed E-state index contributed by atoms with van der Waals surface area (Å²) in [5, 5.41) is 5.81. The number of benzene rings is 2. The van der Waals surface area contributed by atoms with E-state index < -0.39 is 0 Å². The van der Waals surface area contributed by atoms with E-state index in [0.29, 0.717) is 11.3 Å². The smallest absolute Gasteiger partial charge is 0.255 e. The predicted molar refractivity (Wildman–Crippen MR) is 114 cm³/mol. The number of anilines is 3. The first-order chi connectivity index (χ1) is 14.0. The Kier molecular flexibility index (Phi) is 5.53. The Hall–Kier alpha value is -2.86. The lowest BCUT2D eigenvalue weighted by atomic mass is 10.1. The molecule has 1 saturated heterocycles. The van der Waals surface area contributed by atoms with Crippen LogP contribution in [0.2, 0.25) is 0 Å². The van der Waals surface area contributed by atoms with Gasteiger partial charge in [-0.15, -0.1) is 0 Å². The van der Waals surface area contributed by atoms with Crippen molar-refractivity contribution in [2.75, 3.05) is 28.6 Å². The number of carbonyl (C=O) groups is 2. The molecule has 1 saturated carbocycles. The number of rotatable bonds is 5. The summed E-state index contributed by atoms with van der Waals surface area (Å²) in [5.74, 6) is -0.0396. The number of carbonyl (C=O) groups excluding carboxylic acids is 2. The Labute approximate surface area is 171 Å². The molecule has 1 aliphatic carbocycles. The number of morpholine rings is 1. The van der Waals surface area contributed by atoms with E-state index in [2.05, 4.69) is 29.4 Å². The molecule has 2 N–H and O–H groups in total. The Bertz CT molecular complexity index is 882. The van der Waals surface area contributed by atoms with Crippen LogP contribution in [-0.4, -0.2) is 37.1 Å². The van der Waals surface area contributed by atoms with Crippen molar-refractivity contribution in [1.82, 2.24) is 0 Å². The zero-order chi connectivity index (χ0) is 20.4. The molecule has 2 unspecified atom stereocenters. The fourth-order valence-corrected chi connectivity index (χ4v) is 3.68. The third kappa shape index (κ3) is 4.95. The zero-order valence-corrected chi connectivity index (χ0v) is 16.9. The van der Waals surface area contributed by atoms with Crippen LogP contribution >= 0.6 is 0 Å². The monoisotopic (exact) mass is 393 g/mol. The highest BCUT2D eigenvalue weighted by molar-refractivity contribution is 6.05. The Balaban J connectivity index is 1.39. The molecule has 1 aliphatic heterocycles. The number of hydrogen-bond donors (Lipinski definition) is 2. The predicted octanol–water partition coefficient (Wildman–Crippen LogP) is 3.90. The molecule has 0 radical (unpaired) electrons. The van der Waals surface area contributed by atoms with Gasteiger partial charge in [0, 0.05) is 41.6 Å². The molecule has 2 aromatic rings. The number of amides is 2. The van der Waals surface area contributed by atoms with E-state index in [1.54, 1.807) is 24.3 Å². The van der Waals surface area contributed by atoms with Crippen LogP contribution in [0.3, 0.4) is 0 Å². The van der Waals surface area contributed by atoms with Gasteiger partial charge in [0.25, 0.3) is 5.91 Å². The first-order valence-corrected chi connectivity index (χ1v) is 10.2. The van der Waals surface area contributed by atoms with Gasteiger partial charge in [-0.3, -0.25) is 9.59 Å². The van der Waals surface area contributed by atoms with Gasteiger partial charge in [-0.05, 0) is 69.2 Å². The average Bonchev–Trinajstić information content (AvgIpc) is 3.53. The third-order valence-corrected chi connectivity index (χ3v) is 5.25. The molecule has 29 heavy (non-hydrogen) atoms. The lowest BCUT2D eigenvalue weighted by Gasteiger charge is -2.36.